The van der Waals surface area contributed by atoms with E-state index < -0.39 is 29.6 Å². The van der Waals surface area contributed by atoms with E-state index in [0.717, 1.165) is 58.3 Å². The van der Waals surface area contributed by atoms with Gasteiger partial charge in [0.2, 0.25) is 5.91 Å². The molecule has 1 aliphatic carbocycles. The lowest BCUT2D eigenvalue weighted by Crippen LogP contribution is -2.36. The second kappa shape index (κ2) is 13.4. The van der Waals surface area contributed by atoms with Gasteiger partial charge in [0.1, 0.15) is 24.0 Å². The first-order valence-corrected chi connectivity index (χ1v) is 15.3. The number of benzene rings is 2. The summed E-state index contributed by atoms with van der Waals surface area (Å²) in [6.45, 7) is 1.63. The number of fused-ring (bicyclic) bond motifs is 1. The molecule has 9 nitrogen and oxygen atoms in total. The third kappa shape index (κ3) is 6.91. The minimum absolute atomic E-state index is 0.152. The Labute approximate surface area is 256 Å². The molecule has 12 heteroatoms. The lowest BCUT2D eigenvalue weighted by molar-refractivity contribution is -0.127. The fourth-order valence-corrected chi connectivity index (χ4v) is 6.94. The second-order valence-electron chi connectivity index (χ2n) is 9.78. The number of thiophene rings is 1. The van der Waals surface area contributed by atoms with E-state index in [1.807, 2.05) is 0 Å². The molecule has 0 unspecified atom stereocenters. The van der Waals surface area contributed by atoms with Crippen molar-refractivity contribution < 1.29 is 37.8 Å². The predicted molar refractivity (Wildman–Crippen MR) is 162 cm³/mol. The van der Waals surface area contributed by atoms with E-state index in [9.17, 15) is 23.6 Å². The van der Waals surface area contributed by atoms with Crippen molar-refractivity contribution in [1.29, 1.82) is 0 Å². The Kier molecular flexibility index (Phi) is 9.46. The number of methoxy groups -OCH3 is 1. The number of anilines is 1. The van der Waals surface area contributed by atoms with Crippen molar-refractivity contribution in [2.75, 3.05) is 25.6 Å². The Morgan fingerprint density at radius 1 is 1.07 bits per heavy atom. The zero-order chi connectivity index (χ0) is 30.5. The lowest BCUT2D eigenvalue weighted by atomic mass is 9.95. The van der Waals surface area contributed by atoms with Crippen molar-refractivity contribution in [3.63, 3.8) is 0 Å². The minimum Gasteiger partial charge on any atom is -0.493 e. The first-order chi connectivity index (χ1) is 20.8. The number of rotatable bonds is 10. The highest BCUT2D eigenvalue weighted by atomic mass is 32.2. The van der Waals surface area contributed by atoms with E-state index in [-0.39, 0.29) is 23.9 Å². The summed E-state index contributed by atoms with van der Waals surface area (Å²) in [7, 11) is 1.48. The number of ether oxygens (including phenoxy) is 3. The maximum atomic E-state index is 13.2. The number of hydrogen-bond donors (Lipinski definition) is 1. The fraction of sp³-hybridized carbons (Fsp3) is 0.290. The molecule has 1 saturated heterocycles. The normalized spacial score (nSPS) is 15.4. The summed E-state index contributed by atoms with van der Waals surface area (Å²) in [5.41, 5.74) is 2.63. The van der Waals surface area contributed by atoms with Gasteiger partial charge in [0, 0.05) is 4.88 Å². The SMILES string of the molecule is CCOC(=O)c1c(NC(=O)CN2C(=O)SC(=Cc3ccc(OCc4ccc(F)cc4)c(OC)c3)C2=O)sc2c1CCCC2. The lowest BCUT2D eigenvalue weighted by Gasteiger charge is -2.13. The number of amides is 3. The van der Waals surface area contributed by atoms with Crippen LogP contribution in [0.2, 0.25) is 0 Å². The molecule has 224 valence electrons. The zero-order valence-electron chi connectivity index (χ0n) is 23.6. The molecule has 3 aromatic rings. The molecule has 2 aliphatic rings. The number of imide groups is 1. The Morgan fingerprint density at radius 2 is 1.84 bits per heavy atom. The Morgan fingerprint density at radius 3 is 2.58 bits per heavy atom. The van der Waals surface area contributed by atoms with Crippen molar-refractivity contribution >= 4 is 57.2 Å². The van der Waals surface area contributed by atoms with Crippen molar-refractivity contribution in [2.45, 2.75) is 39.2 Å². The van der Waals surface area contributed by atoms with Crippen LogP contribution < -0.4 is 14.8 Å². The van der Waals surface area contributed by atoms with Crippen molar-refractivity contribution in [3.8, 4) is 11.5 Å². The van der Waals surface area contributed by atoms with Crippen molar-refractivity contribution in [1.82, 2.24) is 4.90 Å². The van der Waals surface area contributed by atoms with E-state index in [0.29, 0.717) is 27.6 Å². The minimum atomic E-state index is -0.600. The van der Waals surface area contributed by atoms with Crippen LogP contribution in [0.3, 0.4) is 0 Å². The van der Waals surface area contributed by atoms with E-state index in [2.05, 4.69) is 5.32 Å². The molecule has 43 heavy (non-hydrogen) atoms. The highest BCUT2D eigenvalue weighted by molar-refractivity contribution is 8.18. The van der Waals surface area contributed by atoms with Gasteiger partial charge < -0.3 is 19.5 Å². The van der Waals surface area contributed by atoms with Gasteiger partial charge in [0.15, 0.2) is 11.5 Å². The molecule has 2 heterocycles. The van der Waals surface area contributed by atoms with Crippen LogP contribution in [0.25, 0.3) is 6.08 Å². The zero-order valence-corrected chi connectivity index (χ0v) is 25.2. The largest absolute Gasteiger partial charge is 0.493 e. The van der Waals surface area contributed by atoms with Gasteiger partial charge in [-0.25, -0.2) is 9.18 Å². The summed E-state index contributed by atoms with van der Waals surface area (Å²) in [6, 6.07) is 11.0. The first-order valence-electron chi connectivity index (χ1n) is 13.7. The first kappa shape index (κ1) is 30.3. The number of aryl methyl sites for hydroxylation is 1. The van der Waals surface area contributed by atoms with E-state index in [1.54, 1.807) is 43.3 Å². The van der Waals surface area contributed by atoms with Crippen molar-refractivity contribution in [3.05, 3.63) is 80.3 Å². The quantitative estimate of drug-likeness (QED) is 0.210. The van der Waals surface area contributed by atoms with Crippen LogP contribution in [0.15, 0.2) is 47.4 Å². The van der Waals surface area contributed by atoms with Gasteiger partial charge in [-0.3, -0.25) is 19.3 Å². The van der Waals surface area contributed by atoms with Gasteiger partial charge in [-0.05, 0) is 91.4 Å². The molecule has 1 aromatic heterocycles. The van der Waals surface area contributed by atoms with Gasteiger partial charge in [0.05, 0.1) is 24.2 Å². The van der Waals surface area contributed by atoms with Crippen LogP contribution >= 0.6 is 23.1 Å². The summed E-state index contributed by atoms with van der Waals surface area (Å²) in [5.74, 6) is -1.15. The molecule has 1 N–H and O–H groups in total. The fourth-order valence-electron chi connectivity index (χ4n) is 4.81. The Hall–Kier alpha value is -4.16. The van der Waals surface area contributed by atoms with Gasteiger partial charge >= 0.3 is 5.97 Å². The monoisotopic (exact) mass is 624 g/mol. The Balaban J connectivity index is 1.26. The molecule has 1 aliphatic heterocycles. The van der Waals surface area contributed by atoms with Gasteiger partial charge in [-0.1, -0.05) is 18.2 Å². The van der Waals surface area contributed by atoms with Crippen LogP contribution in [0.1, 0.15) is 51.7 Å². The van der Waals surface area contributed by atoms with Crippen molar-refractivity contribution in [2.24, 2.45) is 0 Å². The average Bonchev–Trinajstić information content (AvgIpc) is 3.48. The summed E-state index contributed by atoms with van der Waals surface area (Å²) in [4.78, 5) is 53.6. The summed E-state index contributed by atoms with van der Waals surface area (Å²) < 4.78 is 29.6. The number of halogens is 1. The highest BCUT2D eigenvalue weighted by Gasteiger charge is 2.37. The van der Waals surface area contributed by atoms with Gasteiger partial charge in [-0.2, -0.15) is 0 Å². The smallest absolute Gasteiger partial charge is 0.341 e. The number of carbonyl (C=O) groups is 4. The molecule has 0 bridgehead atoms. The third-order valence-electron chi connectivity index (χ3n) is 6.87. The molecule has 0 spiro atoms. The third-order valence-corrected chi connectivity index (χ3v) is 8.99. The summed E-state index contributed by atoms with van der Waals surface area (Å²) in [6.07, 6.45) is 5.05. The van der Waals surface area contributed by atoms with E-state index in [1.165, 1.54) is 30.6 Å². The van der Waals surface area contributed by atoms with E-state index in [4.69, 9.17) is 14.2 Å². The van der Waals surface area contributed by atoms with E-state index >= 15 is 0 Å². The molecule has 0 atom stereocenters. The maximum absolute atomic E-state index is 13.2. The molecule has 1 fully saturated rings. The van der Waals surface area contributed by atoms with Gasteiger partial charge in [0.25, 0.3) is 11.1 Å². The van der Waals surface area contributed by atoms with Crippen LogP contribution in [0, 0.1) is 5.82 Å². The number of carbonyl (C=O) groups excluding carboxylic acids is 4. The van der Waals surface area contributed by atoms with Crippen LogP contribution in [0.4, 0.5) is 14.2 Å². The molecule has 3 amide bonds. The number of nitrogens with one attached hydrogen (secondary N) is 1. The second-order valence-corrected chi connectivity index (χ2v) is 11.9. The standard InChI is InChI=1S/C31H29FN2O7S2/c1-3-40-30(37)27-21-6-4-5-7-24(21)42-28(27)33-26(35)16-34-29(36)25(43-31(34)38)15-19-10-13-22(23(14-19)39-2)41-17-18-8-11-20(32)12-9-18/h8-15H,3-7,16-17H2,1-2H3,(H,33,35). The molecular weight excluding hydrogens is 595 g/mol. The summed E-state index contributed by atoms with van der Waals surface area (Å²) >= 11 is 2.07. The molecule has 5 rings (SSSR count). The maximum Gasteiger partial charge on any atom is 0.341 e. The topological polar surface area (TPSA) is 111 Å². The van der Waals surface area contributed by atoms with Crippen LogP contribution in [0.5, 0.6) is 11.5 Å². The van der Waals surface area contributed by atoms with Crippen LogP contribution in [-0.2, 0) is 33.8 Å². The molecule has 2 aromatic carbocycles. The number of hydrogen-bond acceptors (Lipinski definition) is 9. The van der Waals surface area contributed by atoms with Crippen LogP contribution in [-0.4, -0.2) is 48.2 Å². The van der Waals surface area contributed by atoms with Gasteiger partial charge in [-0.15, -0.1) is 11.3 Å². The molecule has 0 radical (unpaired) electrons. The Bertz CT molecular complexity index is 1600. The molecular formula is C31H29FN2O7S2. The molecule has 0 saturated carbocycles. The average molecular weight is 625 g/mol. The highest BCUT2D eigenvalue weighted by Crippen LogP contribution is 2.39. The number of thioether (sulfide) groups is 1. The summed E-state index contributed by atoms with van der Waals surface area (Å²) in [5, 5.41) is 2.55. The number of nitrogens with zero attached hydrogens (tertiary/aromatic N) is 1. The predicted octanol–water partition coefficient (Wildman–Crippen LogP) is 6.21. The number of esters is 1.